The van der Waals surface area contributed by atoms with Crippen molar-refractivity contribution in [3.63, 3.8) is 0 Å². The lowest BCUT2D eigenvalue weighted by molar-refractivity contribution is 0.102. The summed E-state index contributed by atoms with van der Waals surface area (Å²) < 4.78 is 47.2. The highest BCUT2D eigenvalue weighted by Crippen LogP contribution is 2.32. The fraction of sp³-hybridized carbons (Fsp3) is 0.350. The van der Waals surface area contributed by atoms with Crippen molar-refractivity contribution in [2.24, 2.45) is 0 Å². The second-order valence-electron chi connectivity index (χ2n) is 6.64. The number of hydrogen-bond acceptors (Lipinski definition) is 4. The Morgan fingerprint density at radius 3 is 2.59 bits per heavy atom. The highest BCUT2D eigenvalue weighted by atomic mass is 79.9. The standard InChI is InChI=1S/C20H22BrFN2O4S/c1-2-28-18-9-7-15(23-20(25)16-12-14(22)6-8-17(16)21)13-19(18)29(26,27)24-10-4-3-5-11-24/h6-9,12-13H,2-5,10-11H2,1H3,(H,23,25). The van der Waals surface area contributed by atoms with E-state index in [9.17, 15) is 17.6 Å². The first-order valence-corrected chi connectivity index (χ1v) is 11.6. The zero-order valence-corrected chi connectivity index (χ0v) is 18.4. The molecule has 1 amide bonds. The van der Waals surface area contributed by atoms with Crippen LogP contribution >= 0.6 is 15.9 Å². The number of hydrogen-bond donors (Lipinski definition) is 1. The molecule has 1 aliphatic heterocycles. The second kappa shape index (κ2) is 9.23. The maximum atomic E-state index is 13.5. The molecule has 1 N–H and O–H groups in total. The molecule has 1 aliphatic rings. The largest absolute Gasteiger partial charge is 0.492 e. The smallest absolute Gasteiger partial charge is 0.256 e. The third-order valence-electron chi connectivity index (χ3n) is 4.61. The van der Waals surface area contributed by atoms with Crippen LogP contribution in [-0.4, -0.2) is 38.3 Å². The molecule has 1 fully saturated rings. The van der Waals surface area contributed by atoms with E-state index in [1.807, 2.05) is 0 Å². The number of nitrogens with one attached hydrogen (secondary N) is 1. The molecule has 156 valence electrons. The molecule has 0 unspecified atom stereocenters. The summed E-state index contributed by atoms with van der Waals surface area (Å²) in [7, 11) is -3.76. The number of benzene rings is 2. The first kappa shape index (κ1) is 21.7. The molecule has 0 saturated carbocycles. The van der Waals surface area contributed by atoms with E-state index in [1.54, 1.807) is 13.0 Å². The number of anilines is 1. The summed E-state index contributed by atoms with van der Waals surface area (Å²) in [6.45, 7) is 3.00. The maximum Gasteiger partial charge on any atom is 0.256 e. The third kappa shape index (κ3) is 4.96. The van der Waals surface area contributed by atoms with Crippen LogP contribution in [0.25, 0.3) is 0 Å². The van der Waals surface area contributed by atoms with Gasteiger partial charge in [-0.3, -0.25) is 4.79 Å². The predicted molar refractivity (Wildman–Crippen MR) is 112 cm³/mol. The van der Waals surface area contributed by atoms with Gasteiger partial charge in [0.25, 0.3) is 5.91 Å². The molecule has 3 rings (SSSR count). The SMILES string of the molecule is CCOc1ccc(NC(=O)c2cc(F)ccc2Br)cc1S(=O)(=O)N1CCCCC1. The van der Waals surface area contributed by atoms with E-state index in [-0.39, 0.29) is 21.9 Å². The highest BCUT2D eigenvalue weighted by molar-refractivity contribution is 9.10. The summed E-state index contributed by atoms with van der Waals surface area (Å²) in [4.78, 5) is 12.6. The van der Waals surface area contributed by atoms with Crippen molar-refractivity contribution in [1.82, 2.24) is 4.31 Å². The van der Waals surface area contributed by atoms with Crippen molar-refractivity contribution in [2.45, 2.75) is 31.1 Å². The van der Waals surface area contributed by atoms with E-state index in [0.717, 1.165) is 25.3 Å². The number of ether oxygens (including phenoxy) is 1. The second-order valence-corrected chi connectivity index (χ2v) is 9.40. The summed E-state index contributed by atoms with van der Waals surface area (Å²) in [5, 5.41) is 2.64. The molecule has 2 aromatic carbocycles. The Bertz CT molecular complexity index is 1010. The minimum absolute atomic E-state index is 0.0114. The van der Waals surface area contributed by atoms with Gasteiger partial charge >= 0.3 is 0 Å². The Morgan fingerprint density at radius 2 is 1.90 bits per heavy atom. The number of halogens is 2. The van der Waals surface area contributed by atoms with E-state index in [2.05, 4.69) is 21.2 Å². The lowest BCUT2D eigenvalue weighted by Gasteiger charge is -2.27. The van der Waals surface area contributed by atoms with Crippen LogP contribution in [0.1, 0.15) is 36.5 Å². The number of piperidine rings is 1. The fourth-order valence-electron chi connectivity index (χ4n) is 3.18. The Balaban J connectivity index is 1.94. The molecule has 0 spiro atoms. The molecule has 9 heteroatoms. The summed E-state index contributed by atoms with van der Waals surface area (Å²) in [6, 6.07) is 8.26. The normalized spacial score (nSPS) is 15.1. The van der Waals surface area contributed by atoms with Crippen molar-refractivity contribution in [2.75, 3.05) is 25.0 Å². The van der Waals surface area contributed by atoms with Gasteiger partial charge in [-0.2, -0.15) is 4.31 Å². The van der Waals surface area contributed by atoms with Crippen LogP contribution in [0.15, 0.2) is 45.8 Å². The van der Waals surface area contributed by atoms with Gasteiger partial charge in [-0.15, -0.1) is 0 Å². The topological polar surface area (TPSA) is 75.7 Å². The first-order valence-electron chi connectivity index (χ1n) is 9.36. The number of rotatable bonds is 6. The van der Waals surface area contributed by atoms with Crippen molar-refractivity contribution >= 4 is 37.5 Å². The van der Waals surface area contributed by atoms with E-state index in [4.69, 9.17) is 4.74 Å². The zero-order chi connectivity index (χ0) is 21.0. The van der Waals surface area contributed by atoms with Gasteiger partial charge in [-0.1, -0.05) is 6.42 Å². The molecular formula is C20H22BrFN2O4S. The van der Waals surface area contributed by atoms with Crippen LogP contribution in [0.2, 0.25) is 0 Å². The lowest BCUT2D eigenvalue weighted by Crippen LogP contribution is -2.35. The van der Waals surface area contributed by atoms with Crippen LogP contribution in [-0.2, 0) is 10.0 Å². The molecular weight excluding hydrogens is 463 g/mol. The van der Waals surface area contributed by atoms with Crippen LogP contribution in [0.3, 0.4) is 0 Å². The number of sulfonamides is 1. The van der Waals surface area contributed by atoms with Gasteiger partial charge in [-0.25, -0.2) is 12.8 Å². The van der Waals surface area contributed by atoms with Gasteiger partial charge in [0.15, 0.2) is 0 Å². The molecule has 1 heterocycles. The molecule has 29 heavy (non-hydrogen) atoms. The first-order chi connectivity index (χ1) is 13.8. The molecule has 1 saturated heterocycles. The minimum Gasteiger partial charge on any atom is -0.492 e. The Labute approximate surface area is 178 Å². The third-order valence-corrected chi connectivity index (χ3v) is 7.22. The number of carbonyl (C=O) groups is 1. The van der Waals surface area contributed by atoms with Crippen LogP contribution in [0.5, 0.6) is 5.75 Å². The highest BCUT2D eigenvalue weighted by Gasteiger charge is 2.29. The van der Waals surface area contributed by atoms with Crippen LogP contribution < -0.4 is 10.1 Å². The fourth-order valence-corrected chi connectivity index (χ4v) is 5.28. The van der Waals surface area contributed by atoms with E-state index in [1.165, 1.54) is 28.6 Å². The van der Waals surface area contributed by atoms with Crippen LogP contribution in [0.4, 0.5) is 10.1 Å². The van der Waals surface area contributed by atoms with E-state index in [0.29, 0.717) is 24.2 Å². The monoisotopic (exact) mass is 484 g/mol. The molecule has 0 radical (unpaired) electrons. The molecule has 0 atom stereocenters. The minimum atomic E-state index is -3.76. The van der Waals surface area contributed by atoms with Gasteiger partial charge in [0.05, 0.1) is 12.2 Å². The van der Waals surface area contributed by atoms with Gasteiger partial charge in [0.2, 0.25) is 10.0 Å². The zero-order valence-electron chi connectivity index (χ0n) is 16.0. The van der Waals surface area contributed by atoms with Crippen molar-refractivity contribution in [3.05, 3.63) is 52.3 Å². The molecule has 0 bridgehead atoms. The Kier molecular flexibility index (Phi) is 6.92. The quantitative estimate of drug-likeness (QED) is 0.658. The predicted octanol–water partition coefficient (Wildman–Crippen LogP) is 4.41. The van der Waals surface area contributed by atoms with E-state index >= 15 is 0 Å². The van der Waals surface area contributed by atoms with Gasteiger partial charge in [0.1, 0.15) is 16.5 Å². The van der Waals surface area contributed by atoms with Crippen LogP contribution in [0, 0.1) is 5.82 Å². The molecule has 6 nitrogen and oxygen atoms in total. The molecule has 2 aromatic rings. The number of nitrogens with zero attached hydrogens (tertiary/aromatic N) is 1. The Morgan fingerprint density at radius 1 is 1.17 bits per heavy atom. The number of carbonyl (C=O) groups excluding carboxylic acids is 1. The molecule has 0 aromatic heterocycles. The average Bonchev–Trinajstić information content (AvgIpc) is 2.71. The summed E-state index contributed by atoms with van der Waals surface area (Å²) in [5.74, 6) is -0.858. The summed E-state index contributed by atoms with van der Waals surface area (Å²) in [5.41, 5.74) is 0.393. The summed E-state index contributed by atoms with van der Waals surface area (Å²) >= 11 is 3.22. The van der Waals surface area contributed by atoms with Gasteiger partial charge < -0.3 is 10.1 Å². The lowest BCUT2D eigenvalue weighted by atomic mass is 10.2. The van der Waals surface area contributed by atoms with Gasteiger partial charge in [0, 0.05) is 23.2 Å². The van der Waals surface area contributed by atoms with Crippen molar-refractivity contribution in [3.8, 4) is 5.75 Å². The maximum absolute atomic E-state index is 13.5. The van der Waals surface area contributed by atoms with Gasteiger partial charge in [-0.05, 0) is 72.1 Å². The summed E-state index contributed by atoms with van der Waals surface area (Å²) in [6.07, 6.45) is 2.63. The number of amides is 1. The average molecular weight is 485 g/mol. The van der Waals surface area contributed by atoms with E-state index < -0.39 is 21.7 Å². The molecule has 0 aliphatic carbocycles. The van der Waals surface area contributed by atoms with Crippen molar-refractivity contribution in [1.29, 1.82) is 0 Å². The van der Waals surface area contributed by atoms with Crippen molar-refractivity contribution < 1.29 is 22.3 Å². The Hall–Kier alpha value is -1.97.